The molecule has 0 fully saturated rings. The van der Waals surface area contributed by atoms with Gasteiger partial charge in [-0.05, 0) is 30.7 Å². The van der Waals surface area contributed by atoms with E-state index < -0.39 is 6.04 Å². The Morgan fingerprint density at radius 3 is 2.72 bits per heavy atom. The van der Waals surface area contributed by atoms with E-state index in [1.807, 2.05) is 33.9 Å². The number of aromatic amines is 1. The van der Waals surface area contributed by atoms with E-state index in [2.05, 4.69) is 15.5 Å². The molecular weight excluding hydrogens is 228 g/mol. The molecule has 0 radical (unpaired) electrons. The Kier molecular flexibility index (Phi) is 4.90. The van der Waals surface area contributed by atoms with Crippen molar-refractivity contribution in [3.63, 3.8) is 0 Å². The number of carbonyl (C=O) groups excluding carboxylic acids is 1. The molecule has 1 aromatic heterocycles. The van der Waals surface area contributed by atoms with Crippen LogP contribution >= 0.6 is 0 Å². The molecule has 4 N–H and O–H groups in total. The zero-order valence-corrected chi connectivity index (χ0v) is 11.7. The van der Waals surface area contributed by atoms with Crippen LogP contribution in [0.25, 0.3) is 0 Å². The lowest BCUT2D eigenvalue weighted by Crippen LogP contribution is -2.48. The Morgan fingerprint density at radius 2 is 2.22 bits per heavy atom. The quantitative estimate of drug-likeness (QED) is 0.687. The van der Waals surface area contributed by atoms with Crippen LogP contribution in [0.4, 0.5) is 0 Å². The average Bonchev–Trinajstić information content (AvgIpc) is 2.68. The molecule has 1 heterocycles. The van der Waals surface area contributed by atoms with Crippen LogP contribution in [0.2, 0.25) is 0 Å². The SMILES string of the molecule is Cc1[nH]ncc1CCCNC(=O)[C@@H](N)C(C)(C)C. The van der Waals surface area contributed by atoms with E-state index in [4.69, 9.17) is 5.73 Å². The standard InChI is InChI=1S/C13H24N4O/c1-9-10(8-16-17-9)6-5-7-15-12(18)11(14)13(2,3)4/h8,11H,5-7,14H2,1-4H3,(H,15,18)(H,16,17)/t11-/m1/s1. The van der Waals surface area contributed by atoms with Gasteiger partial charge in [0.1, 0.15) is 0 Å². The first kappa shape index (κ1) is 14.7. The van der Waals surface area contributed by atoms with Crippen LogP contribution in [-0.4, -0.2) is 28.7 Å². The van der Waals surface area contributed by atoms with Crippen molar-refractivity contribution < 1.29 is 4.79 Å². The van der Waals surface area contributed by atoms with Gasteiger partial charge in [-0.1, -0.05) is 20.8 Å². The third-order valence-corrected chi connectivity index (χ3v) is 3.07. The summed E-state index contributed by atoms with van der Waals surface area (Å²) < 4.78 is 0. The number of hydrogen-bond acceptors (Lipinski definition) is 3. The summed E-state index contributed by atoms with van der Waals surface area (Å²) in [5, 5.41) is 9.74. The van der Waals surface area contributed by atoms with Crippen LogP contribution < -0.4 is 11.1 Å². The van der Waals surface area contributed by atoms with Gasteiger partial charge in [0.15, 0.2) is 0 Å². The third-order valence-electron chi connectivity index (χ3n) is 3.07. The number of rotatable bonds is 5. The molecule has 0 saturated carbocycles. The molecule has 1 aromatic rings. The molecule has 18 heavy (non-hydrogen) atoms. The van der Waals surface area contributed by atoms with Crippen LogP contribution in [0.5, 0.6) is 0 Å². The number of nitrogens with two attached hydrogens (primary N) is 1. The minimum absolute atomic E-state index is 0.0774. The monoisotopic (exact) mass is 252 g/mol. The van der Waals surface area contributed by atoms with Gasteiger partial charge in [-0.25, -0.2) is 0 Å². The molecule has 5 heteroatoms. The maximum absolute atomic E-state index is 11.8. The fraction of sp³-hybridized carbons (Fsp3) is 0.692. The zero-order chi connectivity index (χ0) is 13.8. The Hall–Kier alpha value is -1.36. The minimum Gasteiger partial charge on any atom is -0.355 e. The second-order valence-corrected chi connectivity index (χ2v) is 5.76. The molecule has 1 rings (SSSR count). The van der Waals surface area contributed by atoms with E-state index in [0.717, 1.165) is 18.5 Å². The topological polar surface area (TPSA) is 83.8 Å². The summed E-state index contributed by atoms with van der Waals surface area (Å²) in [6.07, 6.45) is 3.63. The highest BCUT2D eigenvalue weighted by molar-refractivity contribution is 5.82. The van der Waals surface area contributed by atoms with Gasteiger partial charge in [-0.15, -0.1) is 0 Å². The molecule has 0 aliphatic carbocycles. The van der Waals surface area contributed by atoms with E-state index in [1.54, 1.807) is 0 Å². The summed E-state index contributed by atoms with van der Waals surface area (Å²) in [6.45, 7) is 8.54. The van der Waals surface area contributed by atoms with Gasteiger partial charge >= 0.3 is 0 Å². The zero-order valence-electron chi connectivity index (χ0n) is 11.7. The number of nitrogens with zero attached hydrogens (tertiary/aromatic N) is 1. The van der Waals surface area contributed by atoms with Crippen molar-refractivity contribution >= 4 is 5.91 Å². The molecule has 5 nitrogen and oxygen atoms in total. The van der Waals surface area contributed by atoms with Gasteiger partial charge in [-0.2, -0.15) is 5.10 Å². The van der Waals surface area contributed by atoms with E-state index in [-0.39, 0.29) is 11.3 Å². The molecular formula is C13H24N4O. The van der Waals surface area contributed by atoms with Gasteiger partial charge in [0.2, 0.25) is 5.91 Å². The molecule has 0 aliphatic rings. The summed E-state index contributed by atoms with van der Waals surface area (Å²) in [4.78, 5) is 11.8. The minimum atomic E-state index is -0.465. The summed E-state index contributed by atoms with van der Waals surface area (Å²) in [7, 11) is 0. The molecule has 1 atom stereocenters. The molecule has 0 unspecified atom stereocenters. The van der Waals surface area contributed by atoms with E-state index >= 15 is 0 Å². The highest BCUT2D eigenvalue weighted by atomic mass is 16.2. The van der Waals surface area contributed by atoms with Crippen LogP contribution in [-0.2, 0) is 11.2 Å². The Balaban J connectivity index is 2.26. The van der Waals surface area contributed by atoms with Gasteiger partial charge < -0.3 is 11.1 Å². The molecule has 0 aliphatic heterocycles. The van der Waals surface area contributed by atoms with Crippen molar-refractivity contribution in [3.8, 4) is 0 Å². The normalized spacial score (nSPS) is 13.4. The summed E-state index contributed by atoms with van der Waals surface area (Å²) >= 11 is 0. The second kappa shape index (κ2) is 6.00. The summed E-state index contributed by atoms with van der Waals surface area (Å²) in [5.74, 6) is -0.0774. The van der Waals surface area contributed by atoms with Crippen molar-refractivity contribution in [1.82, 2.24) is 15.5 Å². The Morgan fingerprint density at radius 1 is 1.56 bits per heavy atom. The van der Waals surface area contributed by atoms with Crippen LogP contribution in [0.3, 0.4) is 0 Å². The first-order valence-electron chi connectivity index (χ1n) is 6.34. The highest BCUT2D eigenvalue weighted by Crippen LogP contribution is 2.17. The van der Waals surface area contributed by atoms with Gasteiger partial charge in [-0.3, -0.25) is 9.89 Å². The van der Waals surface area contributed by atoms with Gasteiger partial charge in [0.05, 0.1) is 12.2 Å². The predicted octanol–water partition coefficient (Wildman–Crippen LogP) is 1.14. The van der Waals surface area contributed by atoms with Crippen LogP contribution in [0.15, 0.2) is 6.20 Å². The van der Waals surface area contributed by atoms with Crippen molar-refractivity contribution in [3.05, 3.63) is 17.5 Å². The van der Waals surface area contributed by atoms with Crippen molar-refractivity contribution in [2.45, 2.75) is 46.6 Å². The number of hydrogen-bond donors (Lipinski definition) is 3. The first-order valence-corrected chi connectivity index (χ1v) is 6.34. The summed E-state index contributed by atoms with van der Waals surface area (Å²) in [6, 6.07) is -0.465. The number of aromatic nitrogens is 2. The van der Waals surface area contributed by atoms with Crippen molar-refractivity contribution in [1.29, 1.82) is 0 Å². The lowest BCUT2D eigenvalue weighted by molar-refractivity contribution is -0.124. The number of nitrogens with one attached hydrogen (secondary N) is 2. The van der Waals surface area contributed by atoms with Crippen molar-refractivity contribution in [2.75, 3.05) is 6.54 Å². The predicted molar refractivity (Wildman–Crippen MR) is 72.1 cm³/mol. The lowest BCUT2D eigenvalue weighted by Gasteiger charge is -2.25. The molecule has 0 bridgehead atoms. The molecule has 102 valence electrons. The molecule has 0 saturated heterocycles. The van der Waals surface area contributed by atoms with Gasteiger partial charge in [0.25, 0.3) is 0 Å². The maximum atomic E-state index is 11.8. The molecule has 1 amide bonds. The first-order chi connectivity index (χ1) is 8.32. The number of H-pyrrole nitrogens is 1. The van der Waals surface area contributed by atoms with E-state index in [0.29, 0.717) is 6.54 Å². The molecule has 0 spiro atoms. The maximum Gasteiger partial charge on any atom is 0.237 e. The summed E-state index contributed by atoms with van der Waals surface area (Å²) in [5.41, 5.74) is 7.95. The number of aryl methyl sites for hydroxylation is 2. The van der Waals surface area contributed by atoms with E-state index in [9.17, 15) is 4.79 Å². The Labute approximate surface area is 109 Å². The Bertz CT molecular complexity index is 392. The van der Waals surface area contributed by atoms with Crippen LogP contribution in [0, 0.1) is 12.3 Å². The highest BCUT2D eigenvalue weighted by Gasteiger charge is 2.26. The smallest absolute Gasteiger partial charge is 0.237 e. The average molecular weight is 252 g/mol. The van der Waals surface area contributed by atoms with Crippen LogP contribution in [0.1, 0.15) is 38.4 Å². The van der Waals surface area contributed by atoms with Gasteiger partial charge in [0, 0.05) is 12.2 Å². The lowest BCUT2D eigenvalue weighted by atomic mass is 9.87. The third kappa shape index (κ3) is 4.14. The molecule has 0 aromatic carbocycles. The number of carbonyl (C=O) groups is 1. The fourth-order valence-electron chi connectivity index (χ4n) is 1.62. The van der Waals surface area contributed by atoms with E-state index in [1.165, 1.54) is 5.56 Å². The number of amides is 1. The van der Waals surface area contributed by atoms with Crippen molar-refractivity contribution in [2.24, 2.45) is 11.1 Å². The fourth-order valence-corrected chi connectivity index (χ4v) is 1.62. The second-order valence-electron chi connectivity index (χ2n) is 5.76. The largest absolute Gasteiger partial charge is 0.355 e.